The molecule has 0 spiro atoms. The van der Waals surface area contributed by atoms with E-state index < -0.39 is 0 Å². The second-order valence-corrected chi connectivity index (χ2v) is 6.34. The van der Waals surface area contributed by atoms with Crippen LogP contribution in [0.5, 0.6) is 0 Å². The van der Waals surface area contributed by atoms with Crippen LogP contribution in [0.1, 0.15) is 40.2 Å². The molecule has 1 heterocycles. The maximum Gasteiger partial charge on any atom is 0.494 e. The number of rotatable bonds is 4. The Kier molecular flexibility index (Phi) is 4.78. The predicted octanol–water partition coefficient (Wildman–Crippen LogP) is 2.56. The standard InChI is InChI=1S/C17H23BO4/c1-6-20-15(19)12-9-13-7-10-14(11-8-13)18-21-16(2,3)17(4,5)22-18/h7-12H,6H2,1-5H3. The Morgan fingerprint density at radius 2 is 1.68 bits per heavy atom. The summed E-state index contributed by atoms with van der Waals surface area (Å²) in [5.41, 5.74) is 1.19. The molecule has 1 aromatic carbocycles. The van der Waals surface area contributed by atoms with E-state index in [2.05, 4.69) is 0 Å². The van der Waals surface area contributed by atoms with Crippen molar-refractivity contribution in [2.24, 2.45) is 0 Å². The summed E-state index contributed by atoms with van der Waals surface area (Å²) in [6.07, 6.45) is 3.15. The van der Waals surface area contributed by atoms with Gasteiger partial charge < -0.3 is 14.0 Å². The maximum atomic E-state index is 11.3. The molecule has 0 radical (unpaired) electrons. The van der Waals surface area contributed by atoms with E-state index in [9.17, 15) is 4.79 Å². The topological polar surface area (TPSA) is 44.8 Å². The summed E-state index contributed by atoms with van der Waals surface area (Å²) in [6, 6.07) is 7.76. The largest absolute Gasteiger partial charge is 0.494 e. The van der Waals surface area contributed by atoms with E-state index in [0.29, 0.717) is 6.61 Å². The van der Waals surface area contributed by atoms with Gasteiger partial charge in [0.15, 0.2) is 0 Å². The highest BCUT2D eigenvalue weighted by Gasteiger charge is 2.51. The van der Waals surface area contributed by atoms with Crippen LogP contribution in [0, 0.1) is 0 Å². The molecular formula is C17H23BO4. The molecule has 22 heavy (non-hydrogen) atoms. The number of hydrogen-bond acceptors (Lipinski definition) is 4. The molecule has 1 aromatic rings. The van der Waals surface area contributed by atoms with E-state index in [4.69, 9.17) is 14.0 Å². The molecule has 0 N–H and O–H groups in total. The van der Waals surface area contributed by atoms with Gasteiger partial charge in [0.1, 0.15) is 0 Å². The van der Waals surface area contributed by atoms with Crippen molar-refractivity contribution < 1.29 is 18.8 Å². The van der Waals surface area contributed by atoms with Crippen LogP contribution >= 0.6 is 0 Å². The van der Waals surface area contributed by atoms with Gasteiger partial charge in [-0.05, 0) is 51.7 Å². The number of ether oxygens (including phenoxy) is 1. The fourth-order valence-electron chi connectivity index (χ4n) is 2.10. The third-order valence-electron chi connectivity index (χ3n) is 4.16. The van der Waals surface area contributed by atoms with Crippen molar-refractivity contribution in [3.63, 3.8) is 0 Å². The number of esters is 1. The zero-order valence-electron chi connectivity index (χ0n) is 13.9. The average Bonchev–Trinajstić information content (AvgIpc) is 2.66. The lowest BCUT2D eigenvalue weighted by Gasteiger charge is -2.32. The molecule has 0 aliphatic carbocycles. The van der Waals surface area contributed by atoms with Crippen molar-refractivity contribution in [1.82, 2.24) is 0 Å². The zero-order chi connectivity index (χ0) is 16.4. The monoisotopic (exact) mass is 302 g/mol. The molecule has 4 nitrogen and oxygen atoms in total. The minimum absolute atomic E-state index is 0.336. The molecule has 0 aromatic heterocycles. The number of carbonyl (C=O) groups is 1. The lowest BCUT2D eigenvalue weighted by atomic mass is 9.79. The van der Waals surface area contributed by atoms with E-state index >= 15 is 0 Å². The first-order valence-corrected chi connectivity index (χ1v) is 7.55. The van der Waals surface area contributed by atoms with Crippen LogP contribution in [0.15, 0.2) is 30.3 Å². The first-order valence-electron chi connectivity index (χ1n) is 7.55. The van der Waals surface area contributed by atoms with Crippen molar-refractivity contribution in [2.45, 2.75) is 45.8 Å². The predicted molar refractivity (Wildman–Crippen MR) is 87.8 cm³/mol. The Balaban J connectivity index is 2.06. The Bertz CT molecular complexity index is 545. The van der Waals surface area contributed by atoms with Crippen molar-refractivity contribution in [3.05, 3.63) is 35.9 Å². The lowest BCUT2D eigenvalue weighted by molar-refractivity contribution is -0.137. The van der Waals surface area contributed by atoms with Crippen LogP contribution in [0.4, 0.5) is 0 Å². The van der Waals surface area contributed by atoms with Crippen molar-refractivity contribution >= 4 is 24.6 Å². The van der Waals surface area contributed by atoms with Gasteiger partial charge in [0.2, 0.25) is 0 Å². The van der Waals surface area contributed by atoms with E-state index in [-0.39, 0.29) is 24.3 Å². The van der Waals surface area contributed by atoms with Crippen LogP contribution in [-0.4, -0.2) is 30.9 Å². The Morgan fingerprint density at radius 1 is 1.14 bits per heavy atom. The maximum absolute atomic E-state index is 11.3. The van der Waals surface area contributed by atoms with Crippen molar-refractivity contribution in [2.75, 3.05) is 6.61 Å². The van der Waals surface area contributed by atoms with Gasteiger partial charge in [-0.1, -0.05) is 24.3 Å². The van der Waals surface area contributed by atoms with Gasteiger partial charge >= 0.3 is 13.1 Å². The number of hydrogen-bond donors (Lipinski definition) is 0. The summed E-state index contributed by atoms with van der Waals surface area (Å²) < 4.78 is 16.9. The molecule has 0 unspecified atom stereocenters. The molecule has 1 fully saturated rings. The van der Waals surface area contributed by atoms with E-state index in [0.717, 1.165) is 11.0 Å². The van der Waals surface area contributed by atoms with Gasteiger partial charge in [0.05, 0.1) is 17.8 Å². The molecule has 1 saturated heterocycles. The van der Waals surface area contributed by atoms with Crippen molar-refractivity contribution in [3.8, 4) is 0 Å². The summed E-state index contributed by atoms with van der Waals surface area (Å²) in [6.45, 7) is 10.3. The van der Waals surface area contributed by atoms with E-state index in [1.165, 1.54) is 6.08 Å². The highest BCUT2D eigenvalue weighted by molar-refractivity contribution is 6.62. The molecule has 5 heteroatoms. The van der Waals surface area contributed by atoms with Gasteiger partial charge in [-0.2, -0.15) is 0 Å². The summed E-state index contributed by atoms with van der Waals surface area (Å²) in [7, 11) is -0.368. The quantitative estimate of drug-likeness (QED) is 0.487. The minimum atomic E-state index is -0.368. The van der Waals surface area contributed by atoms with Gasteiger partial charge in [-0.3, -0.25) is 0 Å². The first-order chi connectivity index (χ1) is 10.2. The molecule has 0 bridgehead atoms. The highest BCUT2D eigenvalue weighted by atomic mass is 16.7. The molecule has 118 valence electrons. The second-order valence-electron chi connectivity index (χ2n) is 6.34. The summed E-state index contributed by atoms with van der Waals surface area (Å²) in [4.78, 5) is 11.3. The summed E-state index contributed by atoms with van der Waals surface area (Å²) >= 11 is 0. The number of carbonyl (C=O) groups excluding carboxylic acids is 1. The molecule has 0 saturated carbocycles. The van der Waals surface area contributed by atoms with Gasteiger partial charge in [-0.25, -0.2) is 4.79 Å². The van der Waals surface area contributed by atoms with Crippen LogP contribution in [0.2, 0.25) is 0 Å². The van der Waals surface area contributed by atoms with Crippen LogP contribution < -0.4 is 5.46 Å². The fourth-order valence-corrected chi connectivity index (χ4v) is 2.10. The van der Waals surface area contributed by atoms with Gasteiger partial charge in [-0.15, -0.1) is 0 Å². The first kappa shape index (κ1) is 16.8. The lowest BCUT2D eigenvalue weighted by Crippen LogP contribution is -2.41. The summed E-state index contributed by atoms with van der Waals surface area (Å²) in [5, 5.41) is 0. The van der Waals surface area contributed by atoms with Crippen molar-refractivity contribution in [1.29, 1.82) is 0 Å². The molecule has 0 amide bonds. The highest BCUT2D eigenvalue weighted by Crippen LogP contribution is 2.36. The van der Waals surface area contributed by atoms with Crippen LogP contribution in [0.25, 0.3) is 6.08 Å². The minimum Gasteiger partial charge on any atom is -0.463 e. The molecule has 0 atom stereocenters. The molecule has 2 rings (SSSR count). The average molecular weight is 302 g/mol. The molecular weight excluding hydrogens is 279 g/mol. The Labute approximate surface area is 132 Å². The number of benzene rings is 1. The van der Waals surface area contributed by atoms with Gasteiger partial charge in [0, 0.05) is 6.08 Å². The third kappa shape index (κ3) is 3.59. The smallest absolute Gasteiger partial charge is 0.463 e. The zero-order valence-corrected chi connectivity index (χ0v) is 13.9. The Morgan fingerprint density at radius 3 is 2.18 bits per heavy atom. The Hall–Kier alpha value is -1.59. The normalized spacial score (nSPS) is 19.6. The summed E-state index contributed by atoms with van der Waals surface area (Å²) in [5.74, 6) is -0.336. The molecule has 1 aliphatic rings. The second kappa shape index (κ2) is 6.27. The fraction of sp³-hybridized carbons (Fsp3) is 0.471. The van der Waals surface area contributed by atoms with Crippen LogP contribution in [-0.2, 0) is 18.8 Å². The third-order valence-corrected chi connectivity index (χ3v) is 4.16. The van der Waals surface area contributed by atoms with E-state index in [1.54, 1.807) is 13.0 Å². The SMILES string of the molecule is CCOC(=O)C=Cc1ccc(B2OC(C)(C)C(C)(C)O2)cc1. The van der Waals surface area contributed by atoms with E-state index in [1.807, 2.05) is 52.0 Å². The van der Waals surface area contributed by atoms with Gasteiger partial charge in [0.25, 0.3) is 0 Å². The van der Waals surface area contributed by atoms with Crippen LogP contribution in [0.3, 0.4) is 0 Å². The molecule has 1 aliphatic heterocycles.